The smallest absolute Gasteiger partial charge is 0.258 e. The van der Waals surface area contributed by atoms with Gasteiger partial charge in [-0.05, 0) is 24.3 Å². The van der Waals surface area contributed by atoms with Crippen LogP contribution in [0.1, 0.15) is 5.56 Å². The van der Waals surface area contributed by atoms with E-state index in [1.807, 2.05) is 12.1 Å². The van der Waals surface area contributed by atoms with Gasteiger partial charge in [-0.3, -0.25) is 15.2 Å². The van der Waals surface area contributed by atoms with Gasteiger partial charge in [0.25, 0.3) is 5.69 Å². The number of rotatable bonds is 5. The Morgan fingerprint density at radius 2 is 1.91 bits per heavy atom. The number of nitro groups is 1. The highest BCUT2D eigenvalue weighted by atomic mass is 35.5. The monoisotopic (exact) mass is 346 g/mol. The van der Waals surface area contributed by atoms with Gasteiger partial charge >= 0.3 is 0 Å². The number of hydrogen-bond acceptors (Lipinski definition) is 5. The number of nitro benzene ring substituents is 1. The van der Waals surface area contributed by atoms with Gasteiger partial charge in [-0.1, -0.05) is 41.6 Å². The average Bonchev–Trinajstić information content (AvgIpc) is 3.03. The van der Waals surface area contributed by atoms with Crippen LogP contribution in [-0.4, -0.2) is 20.1 Å². The summed E-state index contributed by atoms with van der Waals surface area (Å²) in [6, 6.07) is 13.9. The molecule has 2 aromatic carbocycles. The molecule has 0 aliphatic carbocycles. The molecule has 3 rings (SSSR count). The zero-order valence-electron chi connectivity index (χ0n) is 11.8. The lowest BCUT2D eigenvalue weighted by molar-refractivity contribution is -0.385. The summed E-state index contributed by atoms with van der Waals surface area (Å²) in [6.45, 7) is 0. The lowest BCUT2D eigenvalue weighted by Crippen LogP contribution is -1.93. The second kappa shape index (κ2) is 6.80. The first-order chi connectivity index (χ1) is 11.1. The van der Waals surface area contributed by atoms with Crippen molar-refractivity contribution in [2.45, 2.75) is 10.9 Å². The van der Waals surface area contributed by atoms with Gasteiger partial charge in [0, 0.05) is 28.0 Å². The highest BCUT2D eigenvalue weighted by molar-refractivity contribution is 7.98. The largest absolute Gasteiger partial charge is 0.273 e. The van der Waals surface area contributed by atoms with Crippen LogP contribution >= 0.6 is 23.4 Å². The third-order valence-corrected chi connectivity index (χ3v) is 4.28. The Morgan fingerprint density at radius 1 is 1.17 bits per heavy atom. The van der Waals surface area contributed by atoms with Gasteiger partial charge in [-0.2, -0.15) is 0 Å². The van der Waals surface area contributed by atoms with E-state index in [4.69, 9.17) is 11.6 Å². The van der Waals surface area contributed by atoms with E-state index in [-0.39, 0.29) is 10.6 Å². The summed E-state index contributed by atoms with van der Waals surface area (Å²) in [5, 5.41) is 19.2. The van der Waals surface area contributed by atoms with Crippen molar-refractivity contribution in [1.29, 1.82) is 0 Å². The Kier molecular flexibility index (Phi) is 4.59. The minimum absolute atomic E-state index is 0.105. The third kappa shape index (κ3) is 3.69. The van der Waals surface area contributed by atoms with E-state index in [1.54, 1.807) is 30.3 Å². The molecular weight excluding hydrogens is 336 g/mol. The van der Waals surface area contributed by atoms with Gasteiger partial charge < -0.3 is 0 Å². The Balaban J connectivity index is 1.73. The maximum atomic E-state index is 11.0. The molecule has 116 valence electrons. The second-order valence-corrected chi connectivity index (χ2v) is 6.03. The fourth-order valence-corrected chi connectivity index (χ4v) is 2.92. The first kappa shape index (κ1) is 15.5. The number of H-pyrrole nitrogens is 1. The molecule has 0 saturated heterocycles. The van der Waals surface area contributed by atoms with E-state index >= 15 is 0 Å². The van der Waals surface area contributed by atoms with E-state index in [0.29, 0.717) is 27.3 Å². The van der Waals surface area contributed by atoms with Crippen molar-refractivity contribution in [3.05, 3.63) is 69.2 Å². The zero-order valence-corrected chi connectivity index (χ0v) is 13.3. The molecule has 1 heterocycles. The first-order valence-electron chi connectivity index (χ1n) is 6.67. The molecule has 0 radical (unpaired) electrons. The third-order valence-electron chi connectivity index (χ3n) is 3.13. The average molecular weight is 347 g/mol. The number of thioether (sulfide) groups is 1. The van der Waals surface area contributed by atoms with Crippen molar-refractivity contribution in [2.75, 3.05) is 0 Å². The summed E-state index contributed by atoms with van der Waals surface area (Å²) >= 11 is 7.20. The van der Waals surface area contributed by atoms with Gasteiger partial charge in [0.05, 0.1) is 4.92 Å². The molecule has 6 nitrogen and oxygen atoms in total. The molecule has 0 amide bonds. The molecule has 0 unspecified atom stereocenters. The number of hydrogen-bond donors (Lipinski definition) is 1. The zero-order chi connectivity index (χ0) is 16.2. The maximum absolute atomic E-state index is 11.0. The molecule has 23 heavy (non-hydrogen) atoms. The normalized spacial score (nSPS) is 10.7. The molecule has 0 aliphatic heterocycles. The van der Waals surface area contributed by atoms with E-state index in [2.05, 4.69) is 15.2 Å². The Morgan fingerprint density at radius 3 is 2.65 bits per heavy atom. The van der Waals surface area contributed by atoms with Crippen molar-refractivity contribution in [3.63, 3.8) is 0 Å². The standard InChI is InChI=1S/C15H11ClN4O2S/c16-12-7-5-10(6-8-12)14-17-15(19-18-14)23-9-11-3-1-2-4-13(11)20(21)22/h1-8H,9H2,(H,17,18,19). The minimum atomic E-state index is -0.382. The molecule has 0 fully saturated rings. The van der Waals surface area contributed by atoms with Crippen LogP contribution < -0.4 is 0 Å². The molecule has 3 aromatic rings. The highest BCUT2D eigenvalue weighted by Gasteiger charge is 2.14. The van der Waals surface area contributed by atoms with Crippen LogP contribution in [0.5, 0.6) is 0 Å². The summed E-state index contributed by atoms with van der Waals surface area (Å²) in [4.78, 5) is 15.0. The van der Waals surface area contributed by atoms with Crippen LogP contribution in [0, 0.1) is 10.1 Å². The van der Waals surface area contributed by atoms with Crippen molar-refractivity contribution < 1.29 is 4.92 Å². The topological polar surface area (TPSA) is 84.7 Å². The first-order valence-corrected chi connectivity index (χ1v) is 8.03. The predicted octanol–water partition coefficient (Wildman–Crippen LogP) is 4.33. The molecule has 0 bridgehead atoms. The number of benzene rings is 2. The molecule has 0 spiro atoms. The van der Waals surface area contributed by atoms with Crippen LogP contribution in [0.25, 0.3) is 11.4 Å². The van der Waals surface area contributed by atoms with E-state index in [1.165, 1.54) is 17.8 Å². The number of halogens is 1. The lowest BCUT2D eigenvalue weighted by atomic mass is 10.2. The summed E-state index contributed by atoms with van der Waals surface area (Å²) in [5.41, 5.74) is 1.62. The molecule has 0 atom stereocenters. The van der Waals surface area contributed by atoms with Crippen LogP contribution in [0.4, 0.5) is 5.69 Å². The fourth-order valence-electron chi connectivity index (χ4n) is 2.00. The van der Waals surface area contributed by atoms with Crippen molar-refractivity contribution in [3.8, 4) is 11.4 Å². The summed E-state index contributed by atoms with van der Waals surface area (Å²) < 4.78 is 0. The van der Waals surface area contributed by atoms with Crippen LogP contribution in [0.15, 0.2) is 53.7 Å². The van der Waals surface area contributed by atoms with Gasteiger partial charge in [-0.25, -0.2) is 4.98 Å². The summed E-state index contributed by atoms with van der Waals surface area (Å²) in [6.07, 6.45) is 0. The predicted molar refractivity (Wildman–Crippen MR) is 89.5 cm³/mol. The van der Waals surface area contributed by atoms with E-state index < -0.39 is 0 Å². The highest BCUT2D eigenvalue weighted by Crippen LogP contribution is 2.27. The maximum Gasteiger partial charge on any atom is 0.273 e. The molecule has 0 saturated carbocycles. The van der Waals surface area contributed by atoms with Crippen LogP contribution in [0.2, 0.25) is 5.02 Å². The fraction of sp³-hybridized carbons (Fsp3) is 0.0667. The quantitative estimate of drug-likeness (QED) is 0.422. The van der Waals surface area contributed by atoms with Crippen molar-refractivity contribution >= 4 is 29.1 Å². The number of para-hydroxylation sites is 1. The molecular formula is C15H11ClN4O2S. The molecule has 8 heteroatoms. The molecule has 1 N–H and O–H groups in total. The molecule has 1 aromatic heterocycles. The van der Waals surface area contributed by atoms with Crippen LogP contribution in [-0.2, 0) is 5.75 Å². The number of nitrogens with one attached hydrogen (secondary N) is 1. The van der Waals surface area contributed by atoms with Gasteiger partial charge in [0.2, 0.25) is 5.16 Å². The summed E-state index contributed by atoms with van der Waals surface area (Å²) in [5.74, 6) is 1.06. The Bertz CT molecular complexity index is 836. The Hall–Kier alpha value is -2.38. The lowest BCUT2D eigenvalue weighted by Gasteiger charge is -2.00. The van der Waals surface area contributed by atoms with Gasteiger partial charge in [0.1, 0.15) is 0 Å². The van der Waals surface area contributed by atoms with Gasteiger partial charge in [-0.15, -0.1) is 5.10 Å². The minimum Gasteiger partial charge on any atom is -0.258 e. The van der Waals surface area contributed by atoms with Crippen LogP contribution in [0.3, 0.4) is 0 Å². The second-order valence-electron chi connectivity index (χ2n) is 4.65. The number of aromatic nitrogens is 3. The summed E-state index contributed by atoms with van der Waals surface area (Å²) in [7, 11) is 0. The number of aromatic amines is 1. The Labute approximate surface area is 141 Å². The van der Waals surface area contributed by atoms with E-state index in [9.17, 15) is 10.1 Å². The van der Waals surface area contributed by atoms with Crippen molar-refractivity contribution in [1.82, 2.24) is 15.2 Å². The van der Waals surface area contributed by atoms with E-state index in [0.717, 1.165) is 5.56 Å². The van der Waals surface area contributed by atoms with Crippen molar-refractivity contribution in [2.24, 2.45) is 0 Å². The van der Waals surface area contributed by atoms with Gasteiger partial charge in [0.15, 0.2) is 5.82 Å². The molecule has 0 aliphatic rings. The number of nitrogens with zero attached hydrogens (tertiary/aromatic N) is 3. The SMILES string of the molecule is O=[N+]([O-])c1ccccc1CSc1n[nH]c(-c2ccc(Cl)cc2)n1.